The van der Waals surface area contributed by atoms with Crippen LogP contribution in [0.3, 0.4) is 0 Å². The highest BCUT2D eigenvalue weighted by atomic mass is 16.5. The summed E-state index contributed by atoms with van der Waals surface area (Å²) < 4.78 is 5.25. The third-order valence-corrected chi connectivity index (χ3v) is 2.96. The molecule has 0 aliphatic rings. The molecule has 0 atom stereocenters. The first-order valence-corrected chi connectivity index (χ1v) is 6.42. The van der Waals surface area contributed by atoms with Crippen LogP contribution in [0.4, 0.5) is 0 Å². The summed E-state index contributed by atoms with van der Waals surface area (Å²) in [6.07, 6.45) is 0. The predicted octanol–water partition coefficient (Wildman–Crippen LogP) is 4.05. The van der Waals surface area contributed by atoms with Gasteiger partial charge in [0, 0.05) is 17.2 Å². The average molecular weight is 259 g/mol. The van der Waals surface area contributed by atoms with Gasteiger partial charge in [-0.25, -0.2) is 0 Å². The molecule has 0 amide bonds. The van der Waals surface area contributed by atoms with Crippen LogP contribution < -0.4 is 0 Å². The van der Waals surface area contributed by atoms with Crippen molar-refractivity contribution in [1.82, 2.24) is 5.16 Å². The van der Waals surface area contributed by atoms with Crippen LogP contribution in [0, 0.1) is 18.8 Å². The van der Waals surface area contributed by atoms with Crippen molar-refractivity contribution in [3.8, 4) is 23.1 Å². The minimum absolute atomic E-state index is 0.574. The van der Waals surface area contributed by atoms with E-state index >= 15 is 0 Å². The summed E-state index contributed by atoms with van der Waals surface area (Å²) in [7, 11) is 0. The molecule has 0 fully saturated rings. The van der Waals surface area contributed by atoms with Gasteiger partial charge in [0.15, 0.2) is 0 Å². The van der Waals surface area contributed by atoms with Gasteiger partial charge < -0.3 is 4.52 Å². The Labute approximate surface area is 118 Å². The van der Waals surface area contributed by atoms with Crippen LogP contribution in [0.15, 0.2) is 65.2 Å². The molecule has 0 N–H and O–H groups in total. The van der Waals surface area contributed by atoms with Gasteiger partial charge in [0.2, 0.25) is 5.76 Å². The molecule has 2 nitrogen and oxygen atoms in total. The molecular formula is C18H13NO. The van der Waals surface area contributed by atoms with Crippen molar-refractivity contribution in [2.75, 3.05) is 0 Å². The maximum absolute atomic E-state index is 5.25. The van der Waals surface area contributed by atoms with Crippen LogP contribution in [-0.2, 0) is 0 Å². The number of nitrogens with zero attached hydrogens (tertiary/aromatic N) is 1. The maximum atomic E-state index is 5.25. The highest BCUT2D eigenvalue weighted by Crippen LogP contribution is 2.19. The third kappa shape index (κ3) is 2.78. The molecule has 20 heavy (non-hydrogen) atoms. The first-order chi connectivity index (χ1) is 9.81. The molecule has 0 unspecified atom stereocenters. The lowest BCUT2D eigenvalue weighted by molar-refractivity contribution is 0.413. The summed E-state index contributed by atoms with van der Waals surface area (Å²) in [5.74, 6) is 6.61. The van der Waals surface area contributed by atoms with Crippen LogP contribution in [0.1, 0.15) is 16.9 Å². The van der Waals surface area contributed by atoms with Crippen LogP contribution in [0.2, 0.25) is 0 Å². The van der Waals surface area contributed by atoms with E-state index in [1.165, 1.54) is 5.56 Å². The standard InChI is InChI=1S/C18H13NO/c1-14-7-10-16(11-8-14)18-13-17(20-19-18)12-9-15-5-3-2-4-6-15/h2-8,10-11,13H,1H3. The van der Waals surface area contributed by atoms with Gasteiger partial charge in [0.1, 0.15) is 5.69 Å². The zero-order chi connectivity index (χ0) is 13.8. The fraction of sp³-hybridized carbons (Fsp3) is 0.0556. The Morgan fingerprint density at radius 2 is 1.65 bits per heavy atom. The second kappa shape index (κ2) is 5.46. The molecule has 0 radical (unpaired) electrons. The Hall–Kier alpha value is -2.79. The lowest BCUT2D eigenvalue weighted by Gasteiger charge is -1.94. The molecule has 0 bridgehead atoms. The zero-order valence-electron chi connectivity index (χ0n) is 11.1. The Kier molecular flexibility index (Phi) is 3.34. The van der Waals surface area contributed by atoms with Crippen LogP contribution in [-0.4, -0.2) is 5.16 Å². The Morgan fingerprint density at radius 3 is 2.40 bits per heavy atom. The third-order valence-electron chi connectivity index (χ3n) is 2.96. The molecule has 96 valence electrons. The SMILES string of the molecule is Cc1ccc(-c2cc(C#Cc3ccccc3)on2)cc1. The minimum atomic E-state index is 0.574. The quantitative estimate of drug-likeness (QED) is 0.616. The summed E-state index contributed by atoms with van der Waals surface area (Å²) in [6.45, 7) is 2.06. The highest BCUT2D eigenvalue weighted by molar-refractivity contribution is 5.60. The van der Waals surface area contributed by atoms with Crippen molar-refractivity contribution in [2.24, 2.45) is 0 Å². The van der Waals surface area contributed by atoms with Gasteiger partial charge in [-0.15, -0.1) is 0 Å². The average Bonchev–Trinajstić information content (AvgIpc) is 2.96. The molecule has 1 aromatic heterocycles. The zero-order valence-corrected chi connectivity index (χ0v) is 11.1. The second-order valence-electron chi connectivity index (χ2n) is 4.56. The van der Waals surface area contributed by atoms with E-state index in [1.807, 2.05) is 48.5 Å². The summed E-state index contributed by atoms with van der Waals surface area (Å²) in [5, 5.41) is 4.05. The van der Waals surface area contributed by atoms with E-state index in [1.54, 1.807) is 0 Å². The van der Waals surface area contributed by atoms with Gasteiger partial charge in [0.25, 0.3) is 0 Å². The molecule has 3 aromatic rings. The molecule has 0 spiro atoms. The van der Waals surface area contributed by atoms with E-state index in [9.17, 15) is 0 Å². The van der Waals surface area contributed by atoms with Gasteiger partial charge in [0.05, 0.1) is 0 Å². The topological polar surface area (TPSA) is 26.0 Å². The molecule has 0 aliphatic heterocycles. The number of hydrogen-bond donors (Lipinski definition) is 0. The Balaban J connectivity index is 1.84. The van der Waals surface area contributed by atoms with Crippen molar-refractivity contribution < 1.29 is 4.52 Å². The summed E-state index contributed by atoms with van der Waals surface area (Å²) in [5.41, 5.74) is 4.02. The molecular weight excluding hydrogens is 246 g/mol. The fourth-order valence-corrected chi connectivity index (χ4v) is 1.85. The van der Waals surface area contributed by atoms with Crippen molar-refractivity contribution in [1.29, 1.82) is 0 Å². The second-order valence-corrected chi connectivity index (χ2v) is 4.56. The molecule has 3 rings (SSSR count). The number of hydrogen-bond acceptors (Lipinski definition) is 2. The fourth-order valence-electron chi connectivity index (χ4n) is 1.85. The number of aromatic nitrogens is 1. The largest absolute Gasteiger partial charge is 0.347 e. The summed E-state index contributed by atoms with van der Waals surface area (Å²) >= 11 is 0. The van der Waals surface area contributed by atoms with E-state index in [2.05, 4.69) is 36.1 Å². The molecule has 1 heterocycles. The predicted molar refractivity (Wildman–Crippen MR) is 79.1 cm³/mol. The summed E-state index contributed by atoms with van der Waals surface area (Å²) in [4.78, 5) is 0. The van der Waals surface area contributed by atoms with Crippen molar-refractivity contribution in [2.45, 2.75) is 6.92 Å². The van der Waals surface area contributed by atoms with Crippen LogP contribution in [0.25, 0.3) is 11.3 Å². The van der Waals surface area contributed by atoms with Crippen LogP contribution >= 0.6 is 0 Å². The first kappa shape index (κ1) is 12.3. The van der Waals surface area contributed by atoms with Gasteiger partial charge in [-0.1, -0.05) is 59.1 Å². The lowest BCUT2D eigenvalue weighted by atomic mass is 10.1. The lowest BCUT2D eigenvalue weighted by Crippen LogP contribution is -1.77. The molecule has 2 aromatic carbocycles. The van der Waals surface area contributed by atoms with E-state index in [4.69, 9.17) is 4.52 Å². The van der Waals surface area contributed by atoms with Gasteiger partial charge in [-0.3, -0.25) is 0 Å². The van der Waals surface area contributed by atoms with Crippen molar-refractivity contribution in [3.63, 3.8) is 0 Å². The van der Waals surface area contributed by atoms with E-state index in [0.717, 1.165) is 16.8 Å². The highest BCUT2D eigenvalue weighted by Gasteiger charge is 2.04. The summed E-state index contributed by atoms with van der Waals surface area (Å²) in [6, 6.07) is 19.8. The molecule has 0 aliphatic carbocycles. The van der Waals surface area contributed by atoms with Gasteiger partial charge in [-0.2, -0.15) is 0 Å². The number of benzene rings is 2. The smallest absolute Gasteiger partial charge is 0.210 e. The Morgan fingerprint density at radius 1 is 0.900 bits per heavy atom. The van der Waals surface area contributed by atoms with Crippen molar-refractivity contribution in [3.05, 3.63) is 77.6 Å². The monoisotopic (exact) mass is 259 g/mol. The number of aryl methyl sites for hydroxylation is 1. The van der Waals surface area contributed by atoms with E-state index < -0.39 is 0 Å². The van der Waals surface area contributed by atoms with E-state index in [0.29, 0.717) is 5.76 Å². The molecule has 0 saturated heterocycles. The van der Waals surface area contributed by atoms with Gasteiger partial charge >= 0.3 is 0 Å². The normalized spacial score (nSPS) is 9.85. The minimum Gasteiger partial charge on any atom is -0.347 e. The Bertz CT molecular complexity index is 758. The van der Waals surface area contributed by atoms with Crippen molar-refractivity contribution >= 4 is 0 Å². The maximum Gasteiger partial charge on any atom is 0.210 e. The first-order valence-electron chi connectivity index (χ1n) is 6.42. The molecule has 2 heteroatoms. The van der Waals surface area contributed by atoms with Crippen LogP contribution in [0.5, 0.6) is 0 Å². The van der Waals surface area contributed by atoms with E-state index in [-0.39, 0.29) is 0 Å². The van der Waals surface area contributed by atoms with Gasteiger partial charge in [-0.05, 0) is 25.0 Å². The number of rotatable bonds is 1. The molecule has 0 saturated carbocycles.